The monoisotopic (exact) mass is 373 g/mol. The quantitative estimate of drug-likeness (QED) is 0.208. The van der Waals surface area contributed by atoms with Gasteiger partial charge < -0.3 is 29.5 Å². The molecule has 0 amide bonds. The second-order valence-corrected chi connectivity index (χ2v) is 3.61. The first-order valence-corrected chi connectivity index (χ1v) is 6.98. The van der Waals surface area contributed by atoms with Crippen LogP contribution in [0.1, 0.15) is 0 Å². The molecular weight excluding hydrogens is 350 g/mol. The first-order valence-electron chi connectivity index (χ1n) is 6.98. The van der Waals surface area contributed by atoms with E-state index in [0.29, 0.717) is 0 Å². The Labute approximate surface area is 151 Å². The first-order chi connectivity index (χ1) is 12.3. The summed E-state index contributed by atoms with van der Waals surface area (Å²) in [7, 11) is 0. The molecule has 10 heteroatoms. The van der Waals surface area contributed by atoms with Crippen molar-refractivity contribution < 1.29 is 43.9 Å². The zero-order valence-corrected chi connectivity index (χ0v) is 14.3. The summed E-state index contributed by atoms with van der Waals surface area (Å²) in [4.78, 5) is 33.5. The van der Waals surface area contributed by atoms with Crippen LogP contribution in [-0.4, -0.2) is 72.9 Å². The van der Waals surface area contributed by atoms with Gasteiger partial charge in [0.1, 0.15) is 19.8 Å². The molecule has 0 unspecified atom stereocenters. The van der Waals surface area contributed by atoms with Gasteiger partial charge in [-0.2, -0.15) is 0 Å². The Balaban J connectivity index is -0.000000308. The van der Waals surface area contributed by atoms with Crippen LogP contribution in [0.25, 0.3) is 4.85 Å². The minimum atomic E-state index is -0.774. The lowest BCUT2D eigenvalue weighted by atomic mass is 10.5. The maximum absolute atomic E-state index is 10.5. The standard InChI is InChI=1S/C6H7NO3.2C5H8O3/c1-5(7-2)6(9)10-4-3-8;2*1-2-5(7)8-4-3-6/h8H,1,3-4H2;2*2,6H,1,3-4H2. The average Bonchev–Trinajstić information content (AvgIpc) is 2.68. The number of nitrogens with zero attached hydrogens (tertiary/aromatic N) is 1. The van der Waals surface area contributed by atoms with E-state index in [0.717, 1.165) is 12.2 Å². The summed E-state index contributed by atoms with van der Waals surface area (Å²) in [5.74, 6) is -1.78. The van der Waals surface area contributed by atoms with Gasteiger partial charge in [-0.3, -0.25) is 4.79 Å². The van der Waals surface area contributed by atoms with Crippen molar-refractivity contribution in [3.05, 3.63) is 49.0 Å². The Bertz CT molecular complexity index is 470. The van der Waals surface area contributed by atoms with Gasteiger partial charge in [-0.25, -0.2) is 14.4 Å². The van der Waals surface area contributed by atoms with Crippen LogP contribution in [0.5, 0.6) is 0 Å². The van der Waals surface area contributed by atoms with Crippen LogP contribution in [0, 0.1) is 6.57 Å². The molecule has 0 spiro atoms. The van der Waals surface area contributed by atoms with Crippen molar-refractivity contribution in [3.8, 4) is 0 Å². The number of carbonyl (C=O) groups excluding carboxylic acids is 3. The summed E-state index contributed by atoms with van der Waals surface area (Å²) >= 11 is 0. The molecule has 10 nitrogen and oxygen atoms in total. The lowest BCUT2D eigenvalue weighted by Crippen LogP contribution is -2.08. The van der Waals surface area contributed by atoms with E-state index in [-0.39, 0.29) is 45.3 Å². The minimum absolute atomic E-state index is 0.0465. The van der Waals surface area contributed by atoms with Crippen molar-refractivity contribution in [2.75, 3.05) is 39.6 Å². The van der Waals surface area contributed by atoms with Gasteiger partial charge in [0.25, 0.3) is 5.70 Å². The van der Waals surface area contributed by atoms with E-state index in [1.165, 1.54) is 0 Å². The van der Waals surface area contributed by atoms with Crippen LogP contribution in [0.3, 0.4) is 0 Å². The van der Waals surface area contributed by atoms with E-state index in [1.807, 2.05) is 0 Å². The van der Waals surface area contributed by atoms with E-state index < -0.39 is 17.9 Å². The molecule has 0 aromatic rings. The lowest BCUT2D eigenvalue weighted by molar-refractivity contribution is -0.140. The third kappa shape index (κ3) is 23.3. The number of rotatable bonds is 9. The van der Waals surface area contributed by atoms with Gasteiger partial charge in [0, 0.05) is 12.2 Å². The highest BCUT2D eigenvalue weighted by Gasteiger charge is 2.05. The molecule has 0 aliphatic heterocycles. The van der Waals surface area contributed by atoms with Gasteiger partial charge in [0.15, 0.2) is 0 Å². The maximum atomic E-state index is 10.5. The summed E-state index contributed by atoms with van der Waals surface area (Å²) in [6, 6.07) is 0. The number of carbonyl (C=O) groups is 3. The SMILES string of the molecule is C=CC(=O)OCCO.C=CC(=O)OCCO.[C-]#[N+]C(=C)C(=O)OCCO. The highest BCUT2D eigenvalue weighted by Crippen LogP contribution is 1.94. The van der Waals surface area contributed by atoms with Gasteiger partial charge >= 0.3 is 17.9 Å². The molecule has 3 N–H and O–H groups in total. The van der Waals surface area contributed by atoms with Gasteiger partial charge in [-0.1, -0.05) is 19.7 Å². The van der Waals surface area contributed by atoms with Crippen molar-refractivity contribution >= 4 is 17.9 Å². The van der Waals surface area contributed by atoms with Crippen molar-refractivity contribution in [1.82, 2.24) is 0 Å². The zero-order chi connectivity index (χ0) is 20.8. The van der Waals surface area contributed by atoms with Gasteiger partial charge in [0.2, 0.25) is 0 Å². The molecule has 146 valence electrons. The van der Waals surface area contributed by atoms with E-state index in [9.17, 15) is 14.4 Å². The van der Waals surface area contributed by atoms with Crippen LogP contribution in [0.15, 0.2) is 37.6 Å². The molecule has 0 aromatic heterocycles. The molecule has 0 fully saturated rings. The minimum Gasteiger partial charge on any atom is -0.468 e. The van der Waals surface area contributed by atoms with Crippen molar-refractivity contribution in [3.63, 3.8) is 0 Å². The molecule has 0 aliphatic carbocycles. The van der Waals surface area contributed by atoms with E-state index in [1.54, 1.807) is 0 Å². The number of ether oxygens (including phenoxy) is 3. The Morgan fingerprint density at radius 1 is 0.846 bits per heavy atom. The summed E-state index contributed by atoms with van der Waals surface area (Å²) in [5.41, 5.74) is -0.270. The second-order valence-electron chi connectivity index (χ2n) is 3.61. The molecule has 0 rings (SSSR count). The Hall–Kier alpha value is -3.00. The van der Waals surface area contributed by atoms with Gasteiger partial charge in [-0.15, -0.1) is 0 Å². The molecule has 0 saturated heterocycles. The van der Waals surface area contributed by atoms with Gasteiger partial charge in [-0.05, 0) is 0 Å². The van der Waals surface area contributed by atoms with Crippen LogP contribution in [-0.2, 0) is 28.6 Å². The van der Waals surface area contributed by atoms with E-state index in [2.05, 4.69) is 38.8 Å². The molecule has 0 radical (unpaired) electrons. The summed E-state index contributed by atoms with van der Waals surface area (Å²) in [5, 5.41) is 24.4. The average molecular weight is 373 g/mol. The van der Waals surface area contributed by atoms with E-state index >= 15 is 0 Å². The first kappa shape index (κ1) is 27.8. The molecule has 0 aliphatic rings. The fourth-order valence-electron chi connectivity index (χ4n) is 0.678. The van der Waals surface area contributed by atoms with E-state index in [4.69, 9.17) is 21.9 Å². The highest BCUT2D eigenvalue weighted by atomic mass is 16.5. The fourth-order valence-corrected chi connectivity index (χ4v) is 0.678. The van der Waals surface area contributed by atoms with Gasteiger partial charge in [0.05, 0.1) is 26.4 Å². The molecule has 0 atom stereocenters. The molecular formula is C16H23NO9. The van der Waals surface area contributed by atoms with Crippen molar-refractivity contribution in [1.29, 1.82) is 0 Å². The Morgan fingerprint density at radius 3 is 1.46 bits per heavy atom. The van der Waals surface area contributed by atoms with Crippen LogP contribution in [0.4, 0.5) is 0 Å². The van der Waals surface area contributed by atoms with Crippen LogP contribution >= 0.6 is 0 Å². The molecule has 0 bridgehead atoms. The van der Waals surface area contributed by atoms with Crippen LogP contribution < -0.4 is 0 Å². The number of aliphatic hydroxyl groups is 3. The number of aliphatic hydroxyl groups excluding tert-OH is 3. The maximum Gasteiger partial charge on any atom is 0.335 e. The fraction of sp³-hybridized carbons (Fsp3) is 0.375. The smallest absolute Gasteiger partial charge is 0.335 e. The largest absolute Gasteiger partial charge is 0.468 e. The zero-order valence-electron chi connectivity index (χ0n) is 14.3. The topological polar surface area (TPSA) is 144 Å². The molecule has 26 heavy (non-hydrogen) atoms. The summed E-state index contributed by atoms with van der Waals surface area (Å²) in [6.07, 6.45) is 2.10. The highest BCUT2D eigenvalue weighted by molar-refractivity contribution is 5.89. The molecule has 0 aromatic carbocycles. The third-order valence-corrected chi connectivity index (χ3v) is 1.70. The molecule has 0 saturated carbocycles. The second kappa shape index (κ2) is 22.0. The Kier molecular flexibility index (Phi) is 23.5. The lowest BCUT2D eigenvalue weighted by Gasteiger charge is -1.97. The summed E-state index contributed by atoms with van der Waals surface area (Å²) < 4.78 is 13.0. The predicted molar refractivity (Wildman–Crippen MR) is 90.3 cm³/mol. The molecule has 0 heterocycles. The van der Waals surface area contributed by atoms with Crippen molar-refractivity contribution in [2.45, 2.75) is 0 Å². The number of esters is 3. The number of hydrogen-bond donors (Lipinski definition) is 3. The van der Waals surface area contributed by atoms with Crippen molar-refractivity contribution in [2.24, 2.45) is 0 Å². The number of hydrogen-bond acceptors (Lipinski definition) is 9. The predicted octanol–water partition coefficient (Wildman–Crippen LogP) is -0.629. The third-order valence-electron chi connectivity index (χ3n) is 1.70. The normalized spacial score (nSPS) is 8.08. The Morgan fingerprint density at radius 2 is 1.19 bits per heavy atom. The summed E-state index contributed by atoms with van der Waals surface area (Å²) in [6.45, 7) is 15.3. The van der Waals surface area contributed by atoms with Crippen LogP contribution in [0.2, 0.25) is 0 Å².